The summed E-state index contributed by atoms with van der Waals surface area (Å²) in [6.45, 7) is 14.1. The second-order valence-electron chi connectivity index (χ2n) is 13.1. The highest BCUT2D eigenvalue weighted by atomic mass is 16.6. The van der Waals surface area contributed by atoms with Gasteiger partial charge in [-0.1, -0.05) is 48.5 Å². The minimum Gasteiger partial charge on any atom is -0.466 e. The lowest BCUT2D eigenvalue weighted by atomic mass is 10.0. The van der Waals surface area contributed by atoms with Crippen molar-refractivity contribution in [3.8, 4) is 16.9 Å². The second-order valence-corrected chi connectivity index (χ2v) is 13.1. The van der Waals surface area contributed by atoms with Crippen LogP contribution < -0.4 is 0 Å². The molecule has 10 heteroatoms. The lowest BCUT2D eigenvalue weighted by Crippen LogP contribution is -2.61. The second kappa shape index (κ2) is 15.3. The van der Waals surface area contributed by atoms with Crippen molar-refractivity contribution < 1.29 is 28.7 Å². The van der Waals surface area contributed by atoms with E-state index < -0.39 is 23.7 Å². The summed E-state index contributed by atoms with van der Waals surface area (Å²) in [5, 5.41) is 0. The Balaban J connectivity index is 1.73. The first-order valence-corrected chi connectivity index (χ1v) is 16.4. The van der Waals surface area contributed by atoms with Gasteiger partial charge in [0.2, 0.25) is 5.91 Å². The monoisotopic (exact) mass is 644 g/mol. The Labute approximate surface area is 278 Å². The number of nitrogens with zero attached hydrogens (tertiary/aromatic N) is 4. The van der Waals surface area contributed by atoms with Crippen molar-refractivity contribution in [1.82, 2.24) is 19.3 Å². The van der Waals surface area contributed by atoms with Gasteiger partial charge in [-0.2, -0.15) is 0 Å². The molecule has 0 saturated carbocycles. The lowest BCUT2D eigenvalue weighted by Gasteiger charge is -2.44. The Morgan fingerprint density at radius 2 is 1.57 bits per heavy atom. The fourth-order valence-electron chi connectivity index (χ4n) is 5.93. The van der Waals surface area contributed by atoms with Crippen LogP contribution in [0.15, 0.2) is 66.7 Å². The van der Waals surface area contributed by atoms with Gasteiger partial charge in [-0.3, -0.25) is 14.4 Å². The molecule has 3 aromatic rings. The number of esters is 1. The number of carbonyl (C=O) groups is 4. The van der Waals surface area contributed by atoms with Crippen molar-refractivity contribution in [3.63, 3.8) is 0 Å². The molecule has 0 spiro atoms. The summed E-state index contributed by atoms with van der Waals surface area (Å²) in [6, 6.07) is 20.9. The number of benzene rings is 2. The maximum Gasteiger partial charge on any atom is 0.410 e. The molecule has 1 aliphatic heterocycles. The van der Waals surface area contributed by atoms with Gasteiger partial charge >= 0.3 is 12.1 Å². The predicted octanol–water partition coefficient (Wildman–Crippen LogP) is 6.09. The molecule has 0 unspecified atom stereocenters. The maximum absolute atomic E-state index is 14.7. The largest absolute Gasteiger partial charge is 0.466 e. The van der Waals surface area contributed by atoms with Crippen LogP contribution in [0, 0.1) is 6.92 Å². The number of rotatable bonds is 10. The molecule has 0 bridgehead atoms. The minimum atomic E-state index is -0.685. The molecule has 4 rings (SSSR count). The fraction of sp³-hybridized carbons (Fsp3) is 0.459. The van der Waals surface area contributed by atoms with E-state index in [-0.39, 0.29) is 63.5 Å². The summed E-state index contributed by atoms with van der Waals surface area (Å²) in [4.78, 5) is 58.5. The quantitative estimate of drug-likeness (QED) is 0.248. The molecule has 0 radical (unpaired) electrons. The SMILES string of the molecule is CCOC(=O)CCC(=O)N(C[C@@H]1CN(C(=O)OC(C)(C)C)CCN1C(=O)c1cc(C)n(-c2ccccc2)c1-c1ccccc1)C(C)C. The summed E-state index contributed by atoms with van der Waals surface area (Å²) >= 11 is 0. The van der Waals surface area contributed by atoms with Gasteiger partial charge in [0.25, 0.3) is 5.91 Å². The third-order valence-electron chi connectivity index (χ3n) is 8.07. The van der Waals surface area contributed by atoms with E-state index in [1.807, 2.05) is 108 Å². The number of para-hydroxylation sites is 1. The number of piperazine rings is 1. The van der Waals surface area contributed by atoms with Gasteiger partial charge in [-0.15, -0.1) is 0 Å². The number of aromatic nitrogens is 1. The van der Waals surface area contributed by atoms with E-state index in [4.69, 9.17) is 9.47 Å². The Morgan fingerprint density at radius 1 is 0.936 bits per heavy atom. The number of carbonyl (C=O) groups excluding carboxylic acids is 4. The van der Waals surface area contributed by atoms with Crippen molar-refractivity contribution in [2.24, 2.45) is 0 Å². The standard InChI is InChI=1S/C37H48N4O6/c1-8-46-33(43)20-19-32(42)40(26(2)3)25-30-24-38(36(45)47-37(5,6)7)21-22-39(30)35(44)31-23-27(4)41(29-17-13-10-14-18-29)34(31)28-15-11-9-12-16-28/h9-18,23,26,30H,8,19-22,24-25H2,1-7H3/t30-/m0/s1. The van der Waals surface area contributed by atoms with Gasteiger partial charge in [0.05, 0.1) is 30.3 Å². The minimum absolute atomic E-state index is 0.00919. The predicted molar refractivity (Wildman–Crippen MR) is 181 cm³/mol. The average molecular weight is 645 g/mol. The molecule has 1 fully saturated rings. The van der Waals surface area contributed by atoms with Crippen molar-refractivity contribution in [3.05, 3.63) is 78.0 Å². The Hall–Kier alpha value is -4.60. The maximum atomic E-state index is 14.7. The third kappa shape index (κ3) is 8.81. The van der Waals surface area contributed by atoms with E-state index in [0.29, 0.717) is 5.56 Å². The first-order valence-electron chi connectivity index (χ1n) is 16.4. The molecule has 0 aliphatic carbocycles. The fourth-order valence-corrected chi connectivity index (χ4v) is 5.93. The van der Waals surface area contributed by atoms with Crippen molar-refractivity contribution in [2.75, 3.05) is 32.8 Å². The van der Waals surface area contributed by atoms with Crippen LogP contribution in [0.25, 0.3) is 16.9 Å². The molecule has 0 N–H and O–H groups in total. The van der Waals surface area contributed by atoms with Crippen LogP contribution in [0.4, 0.5) is 4.79 Å². The van der Waals surface area contributed by atoms with Gasteiger partial charge in [0.15, 0.2) is 0 Å². The lowest BCUT2D eigenvalue weighted by molar-refractivity contribution is -0.146. The van der Waals surface area contributed by atoms with Gasteiger partial charge in [0, 0.05) is 50.0 Å². The number of aryl methyl sites for hydroxylation is 1. The molecule has 1 aromatic heterocycles. The molecule has 1 atom stereocenters. The Bertz CT molecular complexity index is 1540. The molecular weight excluding hydrogens is 596 g/mol. The summed E-state index contributed by atoms with van der Waals surface area (Å²) in [5.74, 6) is -0.828. The Morgan fingerprint density at radius 3 is 2.17 bits per heavy atom. The smallest absolute Gasteiger partial charge is 0.410 e. The normalized spacial score (nSPS) is 15.0. The zero-order chi connectivity index (χ0) is 34.3. The highest BCUT2D eigenvalue weighted by Gasteiger charge is 2.38. The molecule has 47 heavy (non-hydrogen) atoms. The molecule has 10 nitrogen and oxygen atoms in total. The number of ether oxygens (including phenoxy) is 2. The van der Waals surface area contributed by atoms with Crippen molar-refractivity contribution >= 4 is 23.9 Å². The number of hydrogen-bond donors (Lipinski definition) is 0. The highest BCUT2D eigenvalue weighted by molar-refractivity contribution is 6.01. The van der Waals surface area contributed by atoms with Crippen LogP contribution >= 0.6 is 0 Å². The van der Waals surface area contributed by atoms with Crippen molar-refractivity contribution in [1.29, 1.82) is 0 Å². The van der Waals surface area contributed by atoms with Crippen LogP contribution in [0.1, 0.15) is 70.4 Å². The summed E-state index contributed by atoms with van der Waals surface area (Å²) in [6.07, 6.45) is -0.500. The molecule has 2 heterocycles. The highest BCUT2D eigenvalue weighted by Crippen LogP contribution is 2.33. The van der Waals surface area contributed by atoms with Crippen molar-refractivity contribution in [2.45, 2.75) is 79.0 Å². The summed E-state index contributed by atoms with van der Waals surface area (Å²) in [5.41, 5.74) is 3.37. The van der Waals surface area contributed by atoms with Gasteiger partial charge in [-0.25, -0.2) is 4.79 Å². The number of amides is 3. The van der Waals surface area contributed by atoms with Crippen LogP contribution in [0.5, 0.6) is 0 Å². The van der Waals surface area contributed by atoms with Gasteiger partial charge < -0.3 is 28.7 Å². The summed E-state index contributed by atoms with van der Waals surface area (Å²) in [7, 11) is 0. The van der Waals surface area contributed by atoms with Crippen LogP contribution in [-0.4, -0.2) is 93.6 Å². The van der Waals surface area contributed by atoms with E-state index in [9.17, 15) is 19.2 Å². The average Bonchev–Trinajstić information content (AvgIpc) is 3.39. The molecule has 1 saturated heterocycles. The van der Waals surface area contributed by atoms with E-state index in [1.54, 1.807) is 21.6 Å². The molecule has 252 valence electrons. The molecule has 1 aliphatic rings. The Kier molecular flexibility index (Phi) is 11.5. The molecular formula is C37H48N4O6. The van der Waals surface area contributed by atoms with Crippen LogP contribution in [0.3, 0.4) is 0 Å². The molecule has 3 amide bonds. The van der Waals surface area contributed by atoms with E-state index >= 15 is 0 Å². The van der Waals surface area contributed by atoms with E-state index in [1.165, 1.54) is 0 Å². The van der Waals surface area contributed by atoms with Crippen LogP contribution in [0.2, 0.25) is 0 Å². The van der Waals surface area contributed by atoms with E-state index in [2.05, 4.69) is 4.57 Å². The van der Waals surface area contributed by atoms with Crippen LogP contribution in [-0.2, 0) is 19.1 Å². The third-order valence-corrected chi connectivity index (χ3v) is 8.07. The number of hydrogen-bond acceptors (Lipinski definition) is 6. The zero-order valence-electron chi connectivity index (χ0n) is 28.7. The van der Waals surface area contributed by atoms with Gasteiger partial charge in [0.1, 0.15) is 5.60 Å². The first kappa shape index (κ1) is 35.3. The first-order chi connectivity index (χ1) is 22.3. The topological polar surface area (TPSA) is 101 Å². The van der Waals surface area contributed by atoms with Gasteiger partial charge in [-0.05, 0) is 72.2 Å². The zero-order valence-corrected chi connectivity index (χ0v) is 28.7. The van der Waals surface area contributed by atoms with E-state index in [0.717, 1.165) is 22.6 Å². The summed E-state index contributed by atoms with van der Waals surface area (Å²) < 4.78 is 12.8. The molecule has 2 aromatic carbocycles.